The summed E-state index contributed by atoms with van der Waals surface area (Å²) in [5.41, 5.74) is 1.46. The van der Waals surface area contributed by atoms with E-state index in [-0.39, 0.29) is 11.9 Å². The van der Waals surface area contributed by atoms with Crippen molar-refractivity contribution in [2.24, 2.45) is 5.92 Å². The third-order valence-electron chi connectivity index (χ3n) is 4.32. The van der Waals surface area contributed by atoms with Crippen molar-refractivity contribution < 1.29 is 4.79 Å². The van der Waals surface area contributed by atoms with Crippen molar-refractivity contribution >= 4 is 5.91 Å². The maximum Gasteiger partial charge on any atom is 0.272 e. The Bertz CT molecular complexity index is 714. The molecule has 0 saturated carbocycles. The van der Waals surface area contributed by atoms with E-state index >= 15 is 0 Å². The van der Waals surface area contributed by atoms with Gasteiger partial charge in [-0.05, 0) is 24.8 Å². The Labute approximate surface area is 142 Å². The van der Waals surface area contributed by atoms with Gasteiger partial charge in [0.2, 0.25) is 0 Å². The van der Waals surface area contributed by atoms with Gasteiger partial charge in [0.1, 0.15) is 17.3 Å². The molecule has 0 spiro atoms. The quantitative estimate of drug-likeness (QED) is 0.878. The first-order chi connectivity index (χ1) is 11.4. The van der Waals surface area contributed by atoms with E-state index in [2.05, 4.69) is 58.0 Å². The van der Waals surface area contributed by atoms with Gasteiger partial charge < -0.3 is 9.88 Å². The van der Waals surface area contributed by atoms with Gasteiger partial charge in [-0.2, -0.15) is 5.10 Å². The van der Waals surface area contributed by atoms with E-state index in [1.807, 2.05) is 6.07 Å². The first-order valence-electron chi connectivity index (χ1n) is 8.71. The highest BCUT2D eigenvalue weighted by molar-refractivity contribution is 5.92. The van der Waals surface area contributed by atoms with Crippen LogP contribution in [-0.4, -0.2) is 36.9 Å². The standard InChI is InChI=1S/C17H26N6O/c1-10(2)7-13-8-14(20-19-13)17(24)18-12-5-6-15-21-22-16(11(3)4)23(15)9-12/h8,10-12H,5-7,9H2,1-4H3,(H,18,24)(H,19,20)/t12-/m1/s1. The highest BCUT2D eigenvalue weighted by atomic mass is 16.2. The summed E-state index contributed by atoms with van der Waals surface area (Å²) in [5, 5.41) is 18.7. The first-order valence-corrected chi connectivity index (χ1v) is 8.71. The predicted octanol–water partition coefficient (Wildman–Crippen LogP) is 2.07. The summed E-state index contributed by atoms with van der Waals surface area (Å²) in [6, 6.07) is 1.94. The fraction of sp³-hybridized carbons (Fsp3) is 0.647. The molecule has 130 valence electrons. The molecule has 1 aliphatic rings. The predicted molar refractivity (Wildman–Crippen MR) is 90.8 cm³/mol. The molecule has 2 aromatic rings. The normalized spacial score (nSPS) is 17.3. The van der Waals surface area contributed by atoms with Gasteiger partial charge in [-0.1, -0.05) is 27.7 Å². The molecule has 1 atom stereocenters. The van der Waals surface area contributed by atoms with E-state index in [0.717, 1.165) is 43.1 Å². The molecule has 24 heavy (non-hydrogen) atoms. The summed E-state index contributed by atoms with van der Waals surface area (Å²) >= 11 is 0. The van der Waals surface area contributed by atoms with Gasteiger partial charge in [0, 0.05) is 30.6 Å². The van der Waals surface area contributed by atoms with Crippen LogP contribution in [0, 0.1) is 5.92 Å². The van der Waals surface area contributed by atoms with Crippen LogP contribution in [0.2, 0.25) is 0 Å². The van der Waals surface area contributed by atoms with Gasteiger partial charge in [0.15, 0.2) is 0 Å². The minimum absolute atomic E-state index is 0.0868. The Hall–Kier alpha value is -2.18. The van der Waals surface area contributed by atoms with Crippen LogP contribution in [0.15, 0.2) is 6.07 Å². The summed E-state index contributed by atoms with van der Waals surface area (Å²) in [6.07, 6.45) is 2.61. The molecular formula is C17H26N6O. The monoisotopic (exact) mass is 330 g/mol. The fourth-order valence-corrected chi connectivity index (χ4v) is 3.17. The van der Waals surface area contributed by atoms with Crippen molar-refractivity contribution in [3.63, 3.8) is 0 Å². The lowest BCUT2D eigenvalue weighted by Gasteiger charge is -2.25. The molecule has 0 aliphatic carbocycles. The van der Waals surface area contributed by atoms with E-state index < -0.39 is 0 Å². The number of nitrogens with one attached hydrogen (secondary N) is 2. The lowest BCUT2D eigenvalue weighted by Crippen LogP contribution is -2.41. The maximum atomic E-state index is 12.4. The number of aromatic amines is 1. The largest absolute Gasteiger partial charge is 0.346 e. The van der Waals surface area contributed by atoms with Gasteiger partial charge >= 0.3 is 0 Å². The minimum Gasteiger partial charge on any atom is -0.346 e. The lowest BCUT2D eigenvalue weighted by atomic mass is 10.1. The smallest absolute Gasteiger partial charge is 0.272 e. The molecule has 3 heterocycles. The number of nitrogens with zero attached hydrogens (tertiary/aromatic N) is 4. The molecule has 7 heteroatoms. The number of hydrogen-bond donors (Lipinski definition) is 2. The molecule has 2 aromatic heterocycles. The van der Waals surface area contributed by atoms with Crippen molar-refractivity contribution in [2.75, 3.05) is 0 Å². The van der Waals surface area contributed by atoms with E-state index in [0.29, 0.717) is 17.5 Å². The van der Waals surface area contributed by atoms with E-state index in [4.69, 9.17) is 0 Å². The SMILES string of the molecule is CC(C)Cc1cc(C(=O)N[C@@H]2CCc3nnc(C(C)C)n3C2)n[nH]1. The number of hydrogen-bond acceptors (Lipinski definition) is 4. The molecule has 3 rings (SSSR count). The third kappa shape index (κ3) is 3.49. The molecule has 0 fully saturated rings. The Morgan fingerprint density at radius 2 is 2.17 bits per heavy atom. The highest BCUT2D eigenvalue weighted by Crippen LogP contribution is 2.20. The second-order valence-corrected chi connectivity index (χ2v) is 7.33. The minimum atomic E-state index is -0.117. The Balaban J connectivity index is 1.65. The molecule has 1 aliphatic heterocycles. The van der Waals surface area contributed by atoms with Gasteiger partial charge in [0.25, 0.3) is 5.91 Å². The number of aryl methyl sites for hydroxylation is 1. The van der Waals surface area contributed by atoms with Crippen molar-refractivity contribution in [3.05, 3.63) is 29.1 Å². The zero-order chi connectivity index (χ0) is 17.3. The average molecular weight is 330 g/mol. The summed E-state index contributed by atoms with van der Waals surface area (Å²) < 4.78 is 2.15. The molecule has 1 amide bonds. The van der Waals surface area contributed by atoms with Crippen LogP contribution in [0.25, 0.3) is 0 Å². The third-order valence-corrected chi connectivity index (χ3v) is 4.32. The van der Waals surface area contributed by atoms with Crippen molar-refractivity contribution in [3.8, 4) is 0 Å². The number of amides is 1. The van der Waals surface area contributed by atoms with Gasteiger partial charge in [-0.25, -0.2) is 0 Å². The van der Waals surface area contributed by atoms with E-state index in [1.54, 1.807) is 0 Å². The van der Waals surface area contributed by atoms with Crippen molar-refractivity contribution in [1.82, 2.24) is 30.3 Å². The average Bonchev–Trinajstić information content (AvgIpc) is 3.12. The Morgan fingerprint density at radius 3 is 2.88 bits per heavy atom. The van der Waals surface area contributed by atoms with Gasteiger partial charge in [-0.15, -0.1) is 10.2 Å². The van der Waals surface area contributed by atoms with Crippen molar-refractivity contribution in [2.45, 2.75) is 65.5 Å². The van der Waals surface area contributed by atoms with Gasteiger partial charge in [0.05, 0.1) is 0 Å². The number of aromatic nitrogens is 5. The number of fused-ring (bicyclic) bond motifs is 1. The van der Waals surface area contributed by atoms with E-state index in [9.17, 15) is 4.79 Å². The molecule has 0 aromatic carbocycles. The Morgan fingerprint density at radius 1 is 1.38 bits per heavy atom. The zero-order valence-corrected chi connectivity index (χ0v) is 14.8. The number of H-pyrrole nitrogens is 1. The maximum absolute atomic E-state index is 12.4. The number of carbonyl (C=O) groups excluding carboxylic acids is 1. The topological polar surface area (TPSA) is 88.5 Å². The summed E-state index contributed by atoms with van der Waals surface area (Å²) in [6.45, 7) is 9.24. The molecule has 7 nitrogen and oxygen atoms in total. The molecule has 0 radical (unpaired) electrons. The molecule has 2 N–H and O–H groups in total. The van der Waals surface area contributed by atoms with Crippen LogP contribution in [-0.2, 0) is 19.4 Å². The van der Waals surface area contributed by atoms with Crippen LogP contribution in [0.5, 0.6) is 0 Å². The summed E-state index contributed by atoms with van der Waals surface area (Å²) in [5.74, 6) is 2.74. The molecule has 0 bridgehead atoms. The number of rotatable bonds is 5. The second-order valence-electron chi connectivity index (χ2n) is 7.33. The van der Waals surface area contributed by atoms with Crippen LogP contribution >= 0.6 is 0 Å². The Kier molecular flexibility index (Phi) is 4.69. The molecular weight excluding hydrogens is 304 g/mol. The first kappa shape index (κ1) is 16.7. The van der Waals surface area contributed by atoms with Crippen molar-refractivity contribution in [1.29, 1.82) is 0 Å². The van der Waals surface area contributed by atoms with Crippen LogP contribution in [0.4, 0.5) is 0 Å². The summed E-state index contributed by atoms with van der Waals surface area (Å²) in [7, 11) is 0. The van der Waals surface area contributed by atoms with Crippen LogP contribution in [0.1, 0.15) is 67.9 Å². The molecule has 0 unspecified atom stereocenters. The fourth-order valence-electron chi connectivity index (χ4n) is 3.17. The van der Waals surface area contributed by atoms with Gasteiger partial charge in [-0.3, -0.25) is 9.89 Å². The molecule has 0 saturated heterocycles. The van der Waals surface area contributed by atoms with Crippen LogP contribution in [0.3, 0.4) is 0 Å². The van der Waals surface area contributed by atoms with Crippen LogP contribution < -0.4 is 5.32 Å². The van der Waals surface area contributed by atoms with E-state index in [1.165, 1.54) is 0 Å². The number of carbonyl (C=O) groups is 1. The second kappa shape index (κ2) is 6.75. The summed E-state index contributed by atoms with van der Waals surface area (Å²) in [4.78, 5) is 12.4. The lowest BCUT2D eigenvalue weighted by molar-refractivity contribution is 0.0922. The zero-order valence-electron chi connectivity index (χ0n) is 14.8. The highest BCUT2D eigenvalue weighted by Gasteiger charge is 2.25.